The third kappa shape index (κ3) is 8.13. The van der Waals surface area contributed by atoms with Gasteiger partial charge in [-0.15, -0.1) is 0 Å². The molecule has 0 spiro atoms. The summed E-state index contributed by atoms with van der Waals surface area (Å²) in [4.78, 5) is 30.0. The van der Waals surface area contributed by atoms with Crippen LogP contribution in [-0.2, 0) is 32.6 Å². The lowest BCUT2D eigenvalue weighted by molar-refractivity contribution is -0.140. The van der Waals surface area contributed by atoms with Crippen LogP contribution in [0, 0.1) is 12.7 Å². The molecule has 46 heavy (non-hydrogen) atoms. The van der Waals surface area contributed by atoms with Crippen molar-refractivity contribution in [3.63, 3.8) is 0 Å². The Kier molecular flexibility index (Phi) is 10.8. The SMILES string of the molecule is Cc1ccc(N(CC(=O)N(Cc2ccc(F)cc2)[C@@H](Cc2ccccc2)C(=O)NC2CCCC2)S(=O)(=O)c2ccccc2)cc1Cl. The normalized spacial score (nSPS) is 14.1. The van der Waals surface area contributed by atoms with E-state index in [-0.39, 0.29) is 35.5 Å². The zero-order valence-corrected chi connectivity index (χ0v) is 27.2. The van der Waals surface area contributed by atoms with Gasteiger partial charge in [0.2, 0.25) is 11.8 Å². The fourth-order valence-corrected chi connectivity index (χ4v) is 7.30. The summed E-state index contributed by atoms with van der Waals surface area (Å²) >= 11 is 6.44. The number of sulfonamides is 1. The van der Waals surface area contributed by atoms with E-state index >= 15 is 0 Å². The van der Waals surface area contributed by atoms with Crippen LogP contribution in [0.5, 0.6) is 0 Å². The van der Waals surface area contributed by atoms with Gasteiger partial charge < -0.3 is 10.2 Å². The van der Waals surface area contributed by atoms with E-state index in [0.29, 0.717) is 10.6 Å². The van der Waals surface area contributed by atoms with E-state index in [1.54, 1.807) is 49.4 Å². The molecule has 1 atom stereocenters. The molecule has 0 aliphatic heterocycles. The number of nitrogens with one attached hydrogen (secondary N) is 1. The topological polar surface area (TPSA) is 86.8 Å². The number of anilines is 1. The largest absolute Gasteiger partial charge is 0.352 e. The molecular weight excluding hydrogens is 625 g/mol. The fourth-order valence-electron chi connectivity index (χ4n) is 5.69. The van der Waals surface area contributed by atoms with Crippen molar-refractivity contribution in [1.82, 2.24) is 10.2 Å². The van der Waals surface area contributed by atoms with Crippen molar-refractivity contribution in [2.75, 3.05) is 10.8 Å². The number of halogens is 2. The second-order valence-corrected chi connectivity index (χ2v) is 13.9. The number of carbonyl (C=O) groups excluding carboxylic acids is 2. The summed E-state index contributed by atoms with van der Waals surface area (Å²) in [5, 5.41) is 3.49. The minimum atomic E-state index is -4.24. The van der Waals surface area contributed by atoms with Crippen molar-refractivity contribution in [3.8, 4) is 0 Å². The maximum absolute atomic E-state index is 14.5. The van der Waals surface area contributed by atoms with Crippen molar-refractivity contribution < 1.29 is 22.4 Å². The molecule has 1 aliphatic carbocycles. The number of carbonyl (C=O) groups is 2. The molecule has 1 fully saturated rings. The van der Waals surface area contributed by atoms with E-state index in [9.17, 15) is 22.4 Å². The molecule has 4 aromatic rings. The van der Waals surface area contributed by atoms with Crippen molar-refractivity contribution >= 4 is 39.1 Å². The molecule has 1 saturated carbocycles. The summed E-state index contributed by atoms with van der Waals surface area (Å²) < 4.78 is 43.1. The standard InChI is InChI=1S/C36H37ClFN3O4S/c1-26-16-21-31(23-33(26)37)41(46(44,45)32-14-6-3-7-15-32)25-35(42)40(24-28-17-19-29(38)20-18-28)34(22-27-10-4-2-5-11-27)36(43)39-30-12-8-9-13-30/h2-7,10-11,14-21,23,30,34H,8-9,12-13,22,24-25H2,1H3,(H,39,43)/t34-/m0/s1. The number of hydrogen-bond acceptors (Lipinski definition) is 4. The summed E-state index contributed by atoms with van der Waals surface area (Å²) in [6.45, 7) is 1.16. The maximum Gasteiger partial charge on any atom is 0.264 e. The molecule has 10 heteroatoms. The first kappa shape index (κ1) is 33.2. The Morgan fingerprint density at radius 2 is 1.52 bits per heavy atom. The van der Waals surface area contributed by atoms with Crippen molar-refractivity contribution in [1.29, 1.82) is 0 Å². The smallest absolute Gasteiger partial charge is 0.264 e. The minimum absolute atomic E-state index is 0.00166. The number of rotatable bonds is 12. The predicted octanol–water partition coefficient (Wildman–Crippen LogP) is 6.68. The molecule has 0 aromatic heterocycles. The zero-order valence-electron chi connectivity index (χ0n) is 25.6. The van der Waals surface area contributed by atoms with Gasteiger partial charge in [0.1, 0.15) is 18.4 Å². The average Bonchev–Trinajstić information content (AvgIpc) is 3.57. The Bertz CT molecular complexity index is 1750. The van der Waals surface area contributed by atoms with E-state index in [1.165, 1.54) is 35.2 Å². The first-order chi connectivity index (χ1) is 22.1. The highest BCUT2D eigenvalue weighted by atomic mass is 35.5. The number of amides is 2. The Balaban J connectivity index is 1.57. The summed E-state index contributed by atoms with van der Waals surface area (Å²) in [7, 11) is -4.24. The van der Waals surface area contributed by atoms with Gasteiger partial charge in [-0.25, -0.2) is 12.8 Å². The van der Waals surface area contributed by atoms with Crippen LogP contribution < -0.4 is 9.62 Å². The van der Waals surface area contributed by atoms with Crippen LogP contribution in [0.15, 0.2) is 108 Å². The van der Waals surface area contributed by atoms with Crippen LogP contribution in [0.3, 0.4) is 0 Å². The lowest BCUT2D eigenvalue weighted by atomic mass is 10.0. The van der Waals surface area contributed by atoms with Crippen molar-refractivity contribution in [3.05, 3.63) is 131 Å². The lowest BCUT2D eigenvalue weighted by Gasteiger charge is -2.34. The molecule has 7 nitrogen and oxygen atoms in total. The minimum Gasteiger partial charge on any atom is -0.352 e. The van der Waals surface area contributed by atoms with Crippen LogP contribution in [0.25, 0.3) is 0 Å². The summed E-state index contributed by atoms with van der Waals surface area (Å²) in [5.74, 6) is -1.34. The monoisotopic (exact) mass is 661 g/mol. The predicted molar refractivity (Wildman–Crippen MR) is 178 cm³/mol. The van der Waals surface area contributed by atoms with E-state index < -0.39 is 34.3 Å². The molecule has 1 N–H and O–H groups in total. The molecule has 2 amide bonds. The lowest BCUT2D eigenvalue weighted by Crippen LogP contribution is -2.54. The molecular formula is C36H37ClFN3O4S. The number of aryl methyl sites for hydroxylation is 1. The first-order valence-electron chi connectivity index (χ1n) is 15.3. The van der Waals surface area contributed by atoms with Gasteiger partial charge in [-0.3, -0.25) is 13.9 Å². The van der Waals surface area contributed by atoms with E-state index in [4.69, 9.17) is 11.6 Å². The van der Waals surface area contributed by atoms with E-state index in [1.807, 2.05) is 30.3 Å². The molecule has 4 aromatic carbocycles. The highest BCUT2D eigenvalue weighted by Gasteiger charge is 2.35. The Morgan fingerprint density at radius 1 is 0.891 bits per heavy atom. The second-order valence-electron chi connectivity index (χ2n) is 11.6. The van der Waals surface area contributed by atoms with Crippen LogP contribution in [0.1, 0.15) is 42.4 Å². The van der Waals surface area contributed by atoms with Gasteiger partial charge in [0.25, 0.3) is 10.0 Å². The summed E-state index contributed by atoms with van der Waals surface area (Å²) in [6, 6.07) is 26.8. The van der Waals surface area contributed by atoms with Crippen molar-refractivity contribution in [2.24, 2.45) is 0 Å². The summed E-state index contributed by atoms with van der Waals surface area (Å²) in [5.41, 5.74) is 2.39. The molecule has 5 rings (SSSR count). The van der Waals surface area contributed by atoms with E-state index in [2.05, 4.69) is 5.32 Å². The molecule has 1 aliphatic rings. The number of hydrogen-bond donors (Lipinski definition) is 1. The average molecular weight is 662 g/mol. The molecule has 0 unspecified atom stereocenters. The van der Waals surface area contributed by atoms with Gasteiger partial charge in [-0.1, -0.05) is 91.2 Å². The van der Waals surface area contributed by atoms with Gasteiger partial charge in [0.15, 0.2) is 0 Å². The van der Waals surface area contributed by atoms with Crippen LogP contribution in [0.2, 0.25) is 5.02 Å². The highest BCUT2D eigenvalue weighted by Crippen LogP contribution is 2.29. The highest BCUT2D eigenvalue weighted by molar-refractivity contribution is 7.92. The zero-order chi connectivity index (χ0) is 32.7. The third-order valence-electron chi connectivity index (χ3n) is 8.29. The van der Waals surface area contributed by atoms with Gasteiger partial charge in [0.05, 0.1) is 10.6 Å². The third-order valence-corrected chi connectivity index (χ3v) is 10.5. The first-order valence-corrected chi connectivity index (χ1v) is 17.2. The van der Waals surface area contributed by atoms with Crippen LogP contribution >= 0.6 is 11.6 Å². The van der Waals surface area contributed by atoms with Gasteiger partial charge in [-0.05, 0) is 72.9 Å². The Morgan fingerprint density at radius 3 is 2.15 bits per heavy atom. The summed E-state index contributed by atoms with van der Waals surface area (Å²) in [6.07, 6.45) is 3.93. The molecule has 0 saturated heterocycles. The fraction of sp³-hybridized carbons (Fsp3) is 0.278. The van der Waals surface area contributed by atoms with Gasteiger partial charge >= 0.3 is 0 Å². The molecule has 0 bridgehead atoms. The van der Waals surface area contributed by atoms with Gasteiger partial charge in [0, 0.05) is 24.0 Å². The van der Waals surface area contributed by atoms with Crippen LogP contribution in [-0.4, -0.2) is 43.8 Å². The van der Waals surface area contributed by atoms with E-state index in [0.717, 1.165) is 41.1 Å². The van der Waals surface area contributed by atoms with Crippen LogP contribution in [0.4, 0.5) is 10.1 Å². The van der Waals surface area contributed by atoms with Gasteiger partial charge in [-0.2, -0.15) is 0 Å². The van der Waals surface area contributed by atoms with Crippen molar-refractivity contribution in [2.45, 2.75) is 62.6 Å². The number of benzene rings is 4. The second kappa shape index (κ2) is 14.9. The Hall–Kier alpha value is -4.21. The maximum atomic E-state index is 14.5. The quantitative estimate of drug-likeness (QED) is 0.184. The number of nitrogens with zero attached hydrogens (tertiary/aromatic N) is 2. The molecule has 0 radical (unpaired) electrons. The Labute approximate surface area is 275 Å². The molecule has 240 valence electrons. The molecule has 0 heterocycles.